The van der Waals surface area contributed by atoms with Crippen molar-refractivity contribution in [1.29, 1.82) is 0 Å². The molecule has 0 fully saturated rings. The lowest BCUT2D eigenvalue weighted by atomic mass is 10.2. The Morgan fingerprint density at radius 2 is 2.24 bits per heavy atom. The molecular weight excluding hydrogens is 266 g/mol. The number of rotatable bonds is 4. The summed E-state index contributed by atoms with van der Waals surface area (Å²) in [6, 6.07) is 7.82. The first-order valence-electron chi connectivity index (χ1n) is 6.85. The van der Waals surface area contributed by atoms with Crippen LogP contribution in [0.1, 0.15) is 17.7 Å². The monoisotopic (exact) mass is 283 g/mol. The minimum Gasteiger partial charge on any atom is -0.324 e. The largest absolute Gasteiger partial charge is 0.324 e. The Hall–Kier alpha value is -2.63. The summed E-state index contributed by atoms with van der Waals surface area (Å²) in [4.78, 5) is 19.5. The summed E-state index contributed by atoms with van der Waals surface area (Å²) in [6.07, 6.45) is 2.78. The number of amides is 1. The lowest BCUT2D eigenvalue weighted by Gasteiger charge is -2.02. The Morgan fingerprint density at radius 1 is 1.38 bits per heavy atom. The van der Waals surface area contributed by atoms with Gasteiger partial charge >= 0.3 is 0 Å². The fourth-order valence-electron chi connectivity index (χ4n) is 2.32. The molecule has 3 aromatic rings. The molecule has 0 radical (unpaired) electrons. The van der Waals surface area contributed by atoms with Crippen molar-refractivity contribution in [1.82, 2.24) is 19.7 Å². The number of nitrogens with one attached hydrogen (secondary N) is 2. The number of aromatic nitrogens is 4. The highest BCUT2D eigenvalue weighted by Gasteiger charge is 2.09. The first-order chi connectivity index (χ1) is 10.1. The second-order valence-electron chi connectivity index (χ2n) is 5.05. The average molecular weight is 283 g/mol. The number of hydrogen-bond acceptors (Lipinski definition) is 3. The van der Waals surface area contributed by atoms with Crippen LogP contribution in [0, 0.1) is 6.92 Å². The molecule has 1 aromatic carbocycles. The molecule has 0 saturated carbocycles. The Morgan fingerprint density at radius 3 is 2.95 bits per heavy atom. The van der Waals surface area contributed by atoms with Crippen LogP contribution in [0.3, 0.4) is 0 Å². The molecular formula is C15H17N5O. The van der Waals surface area contributed by atoms with E-state index in [2.05, 4.69) is 20.4 Å². The van der Waals surface area contributed by atoms with Crippen LogP contribution in [-0.2, 0) is 18.3 Å². The van der Waals surface area contributed by atoms with Gasteiger partial charge in [0, 0.05) is 25.4 Å². The molecule has 0 saturated heterocycles. The van der Waals surface area contributed by atoms with Crippen molar-refractivity contribution < 1.29 is 4.79 Å². The van der Waals surface area contributed by atoms with Crippen LogP contribution in [-0.4, -0.2) is 25.7 Å². The highest BCUT2D eigenvalue weighted by Crippen LogP contribution is 2.17. The number of hydrogen-bond donors (Lipinski definition) is 2. The van der Waals surface area contributed by atoms with E-state index in [0.717, 1.165) is 22.3 Å². The van der Waals surface area contributed by atoms with Gasteiger partial charge in [-0.1, -0.05) is 12.1 Å². The molecule has 3 rings (SSSR count). The quantitative estimate of drug-likeness (QED) is 0.770. The minimum absolute atomic E-state index is 0.0621. The number of aromatic amines is 1. The van der Waals surface area contributed by atoms with Gasteiger partial charge in [-0.2, -0.15) is 5.10 Å². The summed E-state index contributed by atoms with van der Waals surface area (Å²) in [5.41, 5.74) is 3.93. The maximum atomic E-state index is 12.0. The van der Waals surface area contributed by atoms with E-state index in [9.17, 15) is 4.79 Å². The van der Waals surface area contributed by atoms with Crippen LogP contribution in [0.15, 0.2) is 30.5 Å². The minimum atomic E-state index is -0.0621. The SMILES string of the molecule is Cc1cccc2[nH]c(NC(=O)CCc3ccnn3C)nc12. The van der Waals surface area contributed by atoms with Crippen molar-refractivity contribution in [2.45, 2.75) is 19.8 Å². The van der Waals surface area contributed by atoms with Gasteiger partial charge in [-0.15, -0.1) is 0 Å². The van der Waals surface area contributed by atoms with Crippen LogP contribution < -0.4 is 5.32 Å². The summed E-state index contributed by atoms with van der Waals surface area (Å²) in [7, 11) is 1.87. The molecule has 2 N–H and O–H groups in total. The molecule has 0 bridgehead atoms. The zero-order valence-corrected chi connectivity index (χ0v) is 12.1. The third kappa shape index (κ3) is 2.79. The molecule has 2 aromatic heterocycles. The average Bonchev–Trinajstić information content (AvgIpc) is 3.03. The molecule has 0 unspecified atom stereocenters. The Balaban J connectivity index is 1.66. The number of nitrogens with zero attached hydrogens (tertiary/aromatic N) is 3. The van der Waals surface area contributed by atoms with Crippen molar-refractivity contribution in [2.24, 2.45) is 7.05 Å². The number of carbonyl (C=O) groups excluding carboxylic acids is 1. The highest BCUT2D eigenvalue weighted by molar-refractivity contribution is 5.91. The van der Waals surface area contributed by atoms with Gasteiger partial charge in [-0.25, -0.2) is 4.98 Å². The zero-order chi connectivity index (χ0) is 14.8. The summed E-state index contributed by atoms with van der Waals surface area (Å²) in [6.45, 7) is 2.00. The zero-order valence-electron chi connectivity index (χ0n) is 12.1. The molecule has 1 amide bonds. The topological polar surface area (TPSA) is 75.6 Å². The Kier molecular flexibility index (Phi) is 3.43. The second kappa shape index (κ2) is 5.40. The van der Waals surface area contributed by atoms with Crippen molar-refractivity contribution >= 4 is 22.9 Å². The van der Waals surface area contributed by atoms with Crippen LogP contribution in [0.25, 0.3) is 11.0 Å². The van der Waals surface area contributed by atoms with E-state index in [1.54, 1.807) is 10.9 Å². The van der Waals surface area contributed by atoms with Crippen LogP contribution in [0.5, 0.6) is 0 Å². The first kappa shape index (κ1) is 13.4. The molecule has 0 aliphatic heterocycles. The van der Waals surface area contributed by atoms with Crippen molar-refractivity contribution in [3.05, 3.63) is 41.7 Å². The first-order valence-corrected chi connectivity index (χ1v) is 6.85. The van der Waals surface area contributed by atoms with Crippen molar-refractivity contribution in [2.75, 3.05) is 5.32 Å². The number of imidazole rings is 1. The van der Waals surface area contributed by atoms with Gasteiger partial charge in [-0.05, 0) is 31.0 Å². The fraction of sp³-hybridized carbons (Fsp3) is 0.267. The third-order valence-electron chi connectivity index (χ3n) is 3.50. The summed E-state index contributed by atoms with van der Waals surface area (Å²) in [5, 5.41) is 6.89. The second-order valence-corrected chi connectivity index (χ2v) is 5.05. The van der Waals surface area contributed by atoms with Crippen LogP contribution in [0.4, 0.5) is 5.95 Å². The number of aryl methyl sites for hydroxylation is 3. The summed E-state index contributed by atoms with van der Waals surface area (Å²) in [5.74, 6) is 0.433. The number of anilines is 1. The molecule has 2 heterocycles. The standard InChI is InChI=1S/C15H17N5O/c1-10-4-3-5-12-14(10)19-15(17-12)18-13(21)7-6-11-8-9-16-20(11)2/h3-5,8-9H,6-7H2,1-2H3,(H2,17,18,19,21). The van der Waals surface area contributed by atoms with Crippen molar-refractivity contribution in [3.8, 4) is 0 Å². The van der Waals surface area contributed by atoms with Gasteiger partial charge in [0.2, 0.25) is 11.9 Å². The Bertz CT molecular complexity index is 786. The molecule has 0 aliphatic rings. The van der Waals surface area contributed by atoms with Gasteiger partial charge in [-0.3, -0.25) is 14.8 Å². The number of carbonyl (C=O) groups is 1. The predicted octanol–water partition coefficient (Wildman–Crippen LogP) is 2.18. The fourth-order valence-corrected chi connectivity index (χ4v) is 2.32. The number of benzene rings is 1. The molecule has 21 heavy (non-hydrogen) atoms. The summed E-state index contributed by atoms with van der Waals surface area (Å²) < 4.78 is 1.78. The maximum absolute atomic E-state index is 12.0. The number of fused-ring (bicyclic) bond motifs is 1. The molecule has 6 nitrogen and oxygen atoms in total. The van der Waals surface area contributed by atoms with E-state index < -0.39 is 0 Å². The molecule has 0 spiro atoms. The molecule has 6 heteroatoms. The highest BCUT2D eigenvalue weighted by atomic mass is 16.1. The lowest BCUT2D eigenvalue weighted by Crippen LogP contribution is -2.14. The maximum Gasteiger partial charge on any atom is 0.227 e. The molecule has 0 atom stereocenters. The van der Waals surface area contributed by atoms with Crippen LogP contribution in [0.2, 0.25) is 0 Å². The van der Waals surface area contributed by atoms with E-state index in [0.29, 0.717) is 18.8 Å². The van der Waals surface area contributed by atoms with Gasteiger partial charge in [0.1, 0.15) is 0 Å². The van der Waals surface area contributed by atoms with Crippen molar-refractivity contribution in [3.63, 3.8) is 0 Å². The third-order valence-corrected chi connectivity index (χ3v) is 3.50. The predicted molar refractivity (Wildman–Crippen MR) is 81.0 cm³/mol. The van der Waals surface area contributed by atoms with E-state index in [4.69, 9.17) is 0 Å². The molecule has 0 aliphatic carbocycles. The van der Waals surface area contributed by atoms with Gasteiger partial charge in [0.05, 0.1) is 11.0 Å². The Labute approximate surface area is 122 Å². The van der Waals surface area contributed by atoms with Gasteiger partial charge in [0.25, 0.3) is 0 Å². The van der Waals surface area contributed by atoms with E-state index in [1.807, 2.05) is 38.2 Å². The van der Waals surface area contributed by atoms with Crippen LogP contribution >= 0.6 is 0 Å². The van der Waals surface area contributed by atoms with E-state index >= 15 is 0 Å². The van der Waals surface area contributed by atoms with E-state index in [-0.39, 0.29) is 5.91 Å². The molecule has 108 valence electrons. The lowest BCUT2D eigenvalue weighted by molar-refractivity contribution is -0.116. The van der Waals surface area contributed by atoms with Gasteiger partial charge < -0.3 is 4.98 Å². The number of H-pyrrole nitrogens is 1. The smallest absolute Gasteiger partial charge is 0.227 e. The number of para-hydroxylation sites is 1. The summed E-state index contributed by atoms with van der Waals surface area (Å²) >= 11 is 0. The normalized spacial score (nSPS) is 11.0. The van der Waals surface area contributed by atoms with E-state index in [1.165, 1.54) is 0 Å². The van der Waals surface area contributed by atoms with Gasteiger partial charge in [0.15, 0.2) is 0 Å².